The van der Waals surface area contributed by atoms with Gasteiger partial charge in [-0.3, -0.25) is 13.9 Å². The normalized spacial score (nSPS) is 14.2. The molecule has 8 nitrogen and oxygen atoms in total. The summed E-state index contributed by atoms with van der Waals surface area (Å²) in [7, 11) is -2.06. The Bertz CT molecular complexity index is 1460. The number of methoxy groups -OCH3 is 1. The zero-order chi connectivity index (χ0) is 30.8. The van der Waals surface area contributed by atoms with Gasteiger partial charge in [0.1, 0.15) is 11.8 Å². The highest BCUT2D eigenvalue weighted by Crippen LogP contribution is 2.25. The highest BCUT2D eigenvalue weighted by molar-refractivity contribution is 7.92. The third kappa shape index (κ3) is 9.21. The van der Waals surface area contributed by atoms with Crippen LogP contribution < -0.4 is 14.4 Å². The molecular formula is C33H40ClN3O5S. The summed E-state index contributed by atoms with van der Waals surface area (Å²) in [5, 5.41) is 3.71. The molecule has 0 bridgehead atoms. The molecular weight excluding hydrogens is 586 g/mol. The molecule has 10 heteroatoms. The third-order valence-electron chi connectivity index (χ3n) is 7.78. The van der Waals surface area contributed by atoms with Crippen molar-refractivity contribution < 1.29 is 22.7 Å². The van der Waals surface area contributed by atoms with E-state index in [1.54, 1.807) is 42.3 Å². The van der Waals surface area contributed by atoms with Crippen molar-refractivity contribution in [2.75, 3.05) is 24.2 Å². The van der Waals surface area contributed by atoms with Crippen LogP contribution in [0.4, 0.5) is 5.69 Å². The van der Waals surface area contributed by atoms with Crippen molar-refractivity contribution in [1.82, 2.24) is 10.2 Å². The Balaban J connectivity index is 1.58. The Morgan fingerprint density at radius 2 is 1.63 bits per heavy atom. The fourth-order valence-electron chi connectivity index (χ4n) is 5.48. The minimum absolute atomic E-state index is 0.0502. The summed E-state index contributed by atoms with van der Waals surface area (Å²) in [6.45, 7) is 0.261. The average molecular weight is 626 g/mol. The first-order valence-corrected chi connectivity index (χ1v) is 16.9. The molecule has 3 aromatic carbocycles. The van der Waals surface area contributed by atoms with Crippen molar-refractivity contribution in [1.29, 1.82) is 0 Å². The number of amides is 2. The molecule has 1 aliphatic rings. The van der Waals surface area contributed by atoms with Crippen molar-refractivity contribution >= 4 is 39.1 Å². The first-order valence-electron chi connectivity index (χ1n) is 14.6. The van der Waals surface area contributed by atoms with Gasteiger partial charge in [-0.25, -0.2) is 8.42 Å². The monoisotopic (exact) mass is 625 g/mol. The maximum absolute atomic E-state index is 14.0. The van der Waals surface area contributed by atoms with Crippen molar-refractivity contribution in [3.05, 3.63) is 95.0 Å². The van der Waals surface area contributed by atoms with E-state index in [-0.39, 0.29) is 43.8 Å². The summed E-state index contributed by atoms with van der Waals surface area (Å²) in [5.74, 6) is 0.181. The van der Waals surface area contributed by atoms with Gasteiger partial charge >= 0.3 is 0 Å². The van der Waals surface area contributed by atoms with E-state index in [0.29, 0.717) is 22.9 Å². The Hall–Kier alpha value is -3.56. The molecule has 0 spiro atoms. The van der Waals surface area contributed by atoms with Crippen molar-refractivity contribution in [3.63, 3.8) is 0 Å². The molecule has 0 saturated heterocycles. The number of hydrogen-bond acceptors (Lipinski definition) is 5. The fourth-order valence-corrected chi connectivity index (χ4v) is 6.64. The summed E-state index contributed by atoms with van der Waals surface area (Å²) in [6, 6.07) is 23.0. The number of sulfonamides is 1. The maximum atomic E-state index is 14.0. The van der Waals surface area contributed by atoms with Crippen LogP contribution in [0.1, 0.15) is 49.7 Å². The SMILES string of the molecule is COc1ccc(N(CCCC(=O)N(Cc2ccccc2Cl)[C@H](Cc2ccccc2)C(=O)NC2CCCC2)S(C)(=O)=O)cc1. The number of nitrogens with one attached hydrogen (secondary N) is 1. The van der Waals surface area contributed by atoms with Crippen LogP contribution in [0.5, 0.6) is 5.75 Å². The van der Waals surface area contributed by atoms with Crippen LogP contribution >= 0.6 is 11.6 Å². The van der Waals surface area contributed by atoms with E-state index >= 15 is 0 Å². The number of nitrogens with zero attached hydrogens (tertiary/aromatic N) is 2. The van der Waals surface area contributed by atoms with Crippen LogP contribution in [0.15, 0.2) is 78.9 Å². The molecule has 1 fully saturated rings. The number of ether oxygens (including phenoxy) is 1. The topological polar surface area (TPSA) is 96.0 Å². The Labute approximate surface area is 260 Å². The Morgan fingerprint density at radius 3 is 2.26 bits per heavy atom. The number of carbonyl (C=O) groups excluding carboxylic acids is 2. The third-order valence-corrected chi connectivity index (χ3v) is 9.35. The molecule has 3 aromatic rings. The number of benzene rings is 3. The van der Waals surface area contributed by atoms with E-state index in [2.05, 4.69) is 5.32 Å². The lowest BCUT2D eigenvalue weighted by Crippen LogP contribution is -2.52. The first kappa shape index (κ1) is 32.4. The zero-order valence-electron chi connectivity index (χ0n) is 24.7. The standard InChI is InChI=1S/C33H40ClN3O5S/c1-42-29-20-18-28(19-21-29)37(43(2,40)41)22-10-17-32(38)36(24-26-13-6-9-16-30(26)34)31(23-25-11-4-3-5-12-25)33(39)35-27-14-7-8-15-27/h3-6,9,11-13,16,18-21,27,31H,7-8,10,14-15,17,22-24H2,1-2H3,(H,35,39)/t31-/m1/s1. The lowest BCUT2D eigenvalue weighted by atomic mass is 10.0. The minimum atomic E-state index is -3.61. The van der Waals surface area contributed by atoms with E-state index in [9.17, 15) is 18.0 Å². The predicted molar refractivity (Wildman–Crippen MR) is 171 cm³/mol. The van der Waals surface area contributed by atoms with Gasteiger partial charge in [0, 0.05) is 37.0 Å². The first-order chi connectivity index (χ1) is 20.7. The van der Waals surface area contributed by atoms with Crippen molar-refractivity contribution in [3.8, 4) is 5.75 Å². The molecule has 0 heterocycles. The second kappa shape index (κ2) is 15.3. The smallest absolute Gasteiger partial charge is 0.243 e. The number of hydrogen-bond donors (Lipinski definition) is 1. The molecule has 0 unspecified atom stereocenters. The summed E-state index contributed by atoms with van der Waals surface area (Å²) in [6.07, 6.45) is 5.80. The van der Waals surface area contributed by atoms with E-state index < -0.39 is 16.1 Å². The van der Waals surface area contributed by atoms with Gasteiger partial charge in [0.2, 0.25) is 21.8 Å². The zero-order valence-corrected chi connectivity index (χ0v) is 26.3. The van der Waals surface area contributed by atoms with Crippen LogP contribution in [-0.2, 0) is 32.6 Å². The summed E-state index contributed by atoms with van der Waals surface area (Å²) in [5.41, 5.74) is 2.16. The van der Waals surface area contributed by atoms with Gasteiger partial charge in [-0.1, -0.05) is 73.0 Å². The Morgan fingerprint density at radius 1 is 0.977 bits per heavy atom. The number of carbonyl (C=O) groups is 2. The lowest BCUT2D eigenvalue weighted by molar-refractivity contribution is -0.141. The quantitative estimate of drug-likeness (QED) is 0.252. The van der Waals surface area contributed by atoms with Gasteiger partial charge < -0.3 is 15.0 Å². The molecule has 2 amide bonds. The average Bonchev–Trinajstić information content (AvgIpc) is 3.51. The van der Waals surface area contributed by atoms with Gasteiger partial charge in [0.05, 0.1) is 19.1 Å². The predicted octanol–water partition coefficient (Wildman–Crippen LogP) is 5.59. The van der Waals surface area contributed by atoms with Crippen LogP contribution in [-0.4, -0.2) is 57.1 Å². The van der Waals surface area contributed by atoms with Gasteiger partial charge in [0.15, 0.2) is 0 Å². The molecule has 1 saturated carbocycles. The Kier molecular flexibility index (Phi) is 11.5. The highest BCUT2D eigenvalue weighted by Gasteiger charge is 2.32. The fraction of sp³-hybridized carbons (Fsp3) is 0.394. The number of rotatable bonds is 14. The molecule has 43 heavy (non-hydrogen) atoms. The maximum Gasteiger partial charge on any atom is 0.243 e. The van der Waals surface area contributed by atoms with Crippen LogP contribution in [0.2, 0.25) is 5.02 Å². The second-order valence-electron chi connectivity index (χ2n) is 10.9. The lowest BCUT2D eigenvalue weighted by Gasteiger charge is -2.33. The number of anilines is 1. The summed E-state index contributed by atoms with van der Waals surface area (Å²) in [4.78, 5) is 29.4. The van der Waals surface area contributed by atoms with Gasteiger partial charge in [-0.2, -0.15) is 0 Å². The summed E-state index contributed by atoms with van der Waals surface area (Å²) >= 11 is 6.52. The molecule has 1 aliphatic carbocycles. The van der Waals surface area contributed by atoms with Crippen molar-refractivity contribution in [2.45, 2.75) is 63.6 Å². The van der Waals surface area contributed by atoms with Crippen LogP contribution in [0.25, 0.3) is 0 Å². The highest BCUT2D eigenvalue weighted by atomic mass is 35.5. The number of halogens is 1. The molecule has 0 radical (unpaired) electrons. The molecule has 1 N–H and O–H groups in total. The van der Waals surface area contributed by atoms with Crippen LogP contribution in [0, 0.1) is 0 Å². The molecule has 0 aliphatic heterocycles. The van der Waals surface area contributed by atoms with Crippen LogP contribution in [0.3, 0.4) is 0 Å². The van der Waals surface area contributed by atoms with E-state index in [4.69, 9.17) is 16.3 Å². The van der Waals surface area contributed by atoms with E-state index in [1.807, 2.05) is 48.5 Å². The van der Waals surface area contributed by atoms with E-state index in [1.165, 1.54) is 4.31 Å². The van der Waals surface area contributed by atoms with Gasteiger partial charge in [0.25, 0.3) is 0 Å². The van der Waals surface area contributed by atoms with Crippen molar-refractivity contribution in [2.24, 2.45) is 0 Å². The molecule has 4 rings (SSSR count). The minimum Gasteiger partial charge on any atom is -0.497 e. The molecule has 0 aromatic heterocycles. The van der Waals surface area contributed by atoms with Gasteiger partial charge in [-0.05, 0) is 60.7 Å². The largest absolute Gasteiger partial charge is 0.497 e. The van der Waals surface area contributed by atoms with Gasteiger partial charge in [-0.15, -0.1) is 0 Å². The molecule has 230 valence electrons. The second-order valence-corrected chi connectivity index (χ2v) is 13.3. The molecule has 1 atom stereocenters. The van der Waals surface area contributed by atoms with E-state index in [0.717, 1.165) is 43.1 Å². The summed E-state index contributed by atoms with van der Waals surface area (Å²) < 4.78 is 31.8.